The van der Waals surface area contributed by atoms with Crippen molar-refractivity contribution in [3.05, 3.63) is 48.3 Å². The van der Waals surface area contributed by atoms with Gasteiger partial charge < -0.3 is 10.0 Å². The topological polar surface area (TPSA) is 66.3 Å². The van der Waals surface area contributed by atoms with Crippen LogP contribution in [0.3, 0.4) is 0 Å². The first-order valence-corrected chi connectivity index (χ1v) is 7.89. The Labute approximate surface area is 136 Å². The molecule has 0 saturated carbocycles. The smallest absolute Gasteiger partial charge is 0.257 e. The van der Waals surface area contributed by atoms with Crippen molar-refractivity contribution in [1.29, 1.82) is 0 Å². The van der Waals surface area contributed by atoms with Crippen LogP contribution < -0.4 is 0 Å². The number of aromatic nitrogens is 2. The number of piperidine rings is 1. The number of likely N-dealkylation sites (tertiary alicyclic amines) is 1. The summed E-state index contributed by atoms with van der Waals surface area (Å²) in [7, 11) is 0. The Kier molecular flexibility index (Phi) is 4.39. The van der Waals surface area contributed by atoms with Crippen LogP contribution in [0.1, 0.15) is 30.1 Å². The number of carbonyl (C=O) groups excluding carboxylic acids is 1. The first-order chi connectivity index (χ1) is 11.1. The second-order valence-electron chi connectivity index (χ2n) is 6.46. The molecule has 0 bridgehead atoms. The maximum absolute atomic E-state index is 12.6. The number of hydrogen-bond acceptors (Lipinski definition) is 4. The standard InChI is InChI=1S/C18H21N3O2/c1-18(13-22)8-5-9-21(12-18)17(23)15-10-19-16(20-11-15)14-6-3-2-4-7-14/h2-4,6-7,10-11,22H,5,8-9,12-13H2,1H3/t18-/m0/s1. The molecule has 1 aromatic carbocycles. The van der Waals surface area contributed by atoms with E-state index in [-0.39, 0.29) is 17.9 Å². The lowest BCUT2D eigenvalue weighted by molar-refractivity contribution is 0.0357. The van der Waals surface area contributed by atoms with Gasteiger partial charge in [0.25, 0.3) is 5.91 Å². The number of carbonyl (C=O) groups is 1. The number of benzene rings is 1. The molecule has 5 nitrogen and oxygen atoms in total. The maximum atomic E-state index is 12.6. The highest BCUT2D eigenvalue weighted by molar-refractivity contribution is 5.93. The second kappa shape index (κ2) is 6.46. The van der Waals surface area contributed by atoms with E-state index in [0.29, 0.717) is 17.9 Å². The van der Waals surface area contributed by atoms with Crippen LogP contribution >= 0.6 is 0 Å². The van der Waals surface area contributed by atoms with Gasteiger partial charge in [-0.2, -0.15) is 0 Å². The van der Waals surface area contributed by atoms with E-state index < -0.39 is 0 Å². The van der Waals surface area contributed by atoms with Crippen molar-refractivity contribution in [3.8, 4) is 11.4 Å². The summed E-state index contributed by atoms with van der Waals surface area (Å²) in [4.78, 5) is 23.0. The van der Waals surface area contributed by atoms with Crippen molar-refractivity contribution in [3.63, 3.8) is 0 Å². The van der Waals surface area contributed by atoms with E-state index in [0.717, 1.165) is 24.9 Å². The van der Waals surface area contributed by atoms with Gasteiger partial charge in [-0.15, -0.1) is 0 Å². The predicted octanol–water partition coefficient (Wildman–Crippen LogP) is 2.38. The SMILES string of the molecule is C[C@]1(CO)CCCN(C(=O)c2cnc(-c3ccccc3)nc2)C1. The molecule has 1 aromatic heterocycles. The minimum atomic E-state index is -0.210. The molecule has 0 radical (unpaired) electrons. The molecule has 1 saturated heterocycles. The van der Waals surface area contributed by atoms with Gasteiger partial charge in [-0.3, -0.25) is 4.79 Å². The van der Waals surface area contributed by atoms with Crippen LogP contribution in [0.2, 0.25) is 0 Å². The zero-order valence-corrected chi connectivity index (χ0v) is 13.3. The minimum absolute atomic E-state index is 0.0658. The summed E-state index contributed by atoms with van der Waals surface area (Å²) < 4.78 is 0. The second-order valence-corrected chi connectivity index (χ2v) is 6.46. The van der Waals surface area contributed by atoms with E-state index in [1.54, 1.807) is 17.3 Å². The van der Waals surface area contributed by atoms with E-state index in [1.165, 1.54) is 0 Å². The summed E-state index contributed by atoms with van der Waals surface area (Å²) in [6.07, 6.45) is 5.02. The average molecular weight is 311 g/mol. The summed E-state index contributed by atoms with van der Waals surface area (Å²) in [6, 6.07) is 9.68. The van der Waals surface area contributed by atoms with Gasteiger partial charge in [0.1, 0.15) is 0 Å². The molecule has 1 aliphatic heterocycles. The fourth-order valence-corrected chi connectivity index (χ4v) is 2.98. The molecule has 5 heteroatoms. The first-order valence-electron chi connectivity index (χ1n) is 7.89. The molecule has 23 heavy (non-hydrogen) atoms. The summed E-state index contributed by atoms with van der Waals surface area (Å²) in [5.74, 6) is 0.546. The zero-order chi connectivity index (χ0) is 16.3. The van der Waals surface area contributed by atoms with E-state index in [2.05, 4.69) is 9.97 Å². The normalized spacial score (nSPS) is 21.2. The highest BCUT2D eigenvalue weighted by Gasteiger charge is 2.33. The molecule has 1 atom stereocenters. The van der Waals surface area contributed by atoms with Crippen molar-refractivity contribution >= 4 is 5.91 Å². The summed E-state index contributed by atoms with van der Waals surface area (Å²) in [5.41, 5.74) is 1.21. The lowest BCUT2D eigenvalue weighted by Crippen LogP contribution is -2.46. The summed E-state index contributed by atoms with van der Waals surface area (Å²) >= 11 is 0. The Bertz CT molecular complexity index is 672. The number of amides is 1. The molecule has 0 spiro atoms. The highest BCUT2D eigenvalue weighted by Crippen LogP contribution is 2.29. The van der Waals surface area contributed by atoms with E-state index in [4.69, 9.17) is 0 Å². The van der Waals surface area contributed by atoms with Gasteiger partial charge in [0.15, 0.2) is 5.82 Å². The lowest BCUT2D eigenvalue weighted by Gasteiger charge is -2.39. The summed E-state index contributed by atoms with van der Waals surface area (Å²) in [5, 5.41) is 9.52. The van der Waals surface area contributed by atoms with Crippen molar-refractivity contribution in [2.75, 3.05) is 19.7 Å². The molecule has 0 aliphatic carbocycles. The molecular formula is C18H21N3O2. The molecule has 2 aromatic rings. The molecule has 120 valence electrons. The lowest BCUT2D eigenvalue weighted by atomic mass is 9.82. The molecule has 2 heterocycles. The average Bonchev–Trinajstić information content (AvgIpc) is 2.62. The third kappa shape index (κ3) is 3.40. The number of nitrogens with zero attached hydrogens (tertiary/aromatic N) is 3. The van der Waals surface area contributed by atoms with E-state index >= 15 is 0 Å². The van der Waals surface area contributed by atoms with Gasteiger partial charge in [-0.25, -0.2) is 9.97 Å². The number of hydrogen-bond donors (Lipinski definition) is 1. The number of aliphatic hydroxyl groups is 1. The predicted molar refractivity (Wildman–Crippen MR) is 87.8 cm³/mol. The largest absolute Gasteiger partial charge is 0.396 e. The fraction of sp³-hybridized carbons (Fsp3) is 0.389. The van der Waals surface area contributed by atoms with E-state index in [1.807, 2.05) is 37.3 Å². The monoisotopic (exact) mass is 311 g/mol. The molecule has 3 rings (SSSR count). The third-order valence-electron chi connectivity index (χ3n) is 4.38. The van der Waals surface area contributed by atoms with Crippen molar-refractivity contribution < 1.29 is 9.90 Å². The van der Waals surface area contributed by atoms with Crippen molar-refractivity contribution in [2.24, 2.45) is 5.41 Å². The van der Waals surface area contributed by atoms with Gasteiger partial charge in [-0.1, -0.05) is 37.3 Å². The van der Waals surface area contributed by atoms with Crippen LogP contribution in [0.15, 0.2) is 42.7 Å². The Balaban J connectivity index is 1.75. The Morgan fingerprint density at radius 2 is 1.96 bits per heavy atom. The molecule has 1 aliphatic rings. The molecule has 1 N–H and O–H groups in total. The van der Waals surface area contributed by atoms with Gasteiger partial charge >= 0.3 is 0 Å². The van der Waals surface area contributed by atoms with Gasteiger partial charge in [0.05, 0.1) is 12.2 Å². The van der Waals surface area contributed by atoms with Crippen LogP contribution in [0, 0.1) is 5.41 Å². The van der Waals surface area contributed by atoms with Crippen molar-refractivity contribution in [2.45, 2.75) is 19.8 Å². The number of rotatable bonds is 3. The summed E-state index contributed by atoms with van der Waals surface area (Å²) in [6.45, 7) is 3.40. The Hall–Kier alpha value is -2.27. The fourth-order valence-electron chi connectivity index (χ4n) is 2.98. The zero-order valence-electron chi connectivity index (χ0n) is 13.3. The number of aliphatic hydroxyl groups excluding tert-OH is 1. The van der Waals surface area contributed by atoms with Crippen LogP contribution in [-0.2, 0) is 0 Å². The Morgan fingerprint density at radius 3 is 2.61 bits per heavy atom. The van der Waals surface area contributed by atoms with Gasteiger partial charge in [0.2, 0.25) is 0 Å². The van der Waals surface area contributed by atoms with Crippen LogP contribution in [-0.4, -0.2) is 45.6 Å². The van der Waals surface area contributed by atoms with Crippen LogP contribution in [0.5, 0.6) is 0 Å². The minimum Gasteiger partial charge on any atom is -0.396 e. The molecule has 1 amide bonds. The van der Waals surface area contributed by atoms with Crippen molar-refractivity contribution in [1.82, 2.24) is 14.9 Å². The first kappa shape index (κ1) is 15.6. The van der Waals surface area contributed by atoms with Crippen LogP contribution in [0.4, 0.5) is 0 Å². The van der Waals surface area contributed by atoms with E-state index in [9.17, 15) is 9.90 Å². The third-order valence-corrected chi connectivity index (χ3v) is 4.38. The van der Waals surface area contributed by atoms with Gasteiger partial charge in [0, 0.05) is 36.5 Å². The quantitative estimate of drug-likeness (QED) is 0.945. The molecule has 1 fully saturated rings. The highest BCUT2D eigenvalue weighted by atomic mass is 16.3. The van der Waals surface area contributed by atoms with Gasteiger partial charge in [-0.05, 0) is 12.8 Å². The maximum Gasteiger partial charge on any atom is 0.257 e. The van der Waals surface area contributed by atoms with Crippen LogP contribution in [0.25, 0.3) is 11.4 Å². The molecular weight excluding hydrogens is 290 g/mol. The Morgan fingerprint density at radius 1 is 1.26 bits per heavy atom. The molecule has 0 unspecified atom stereocenters.